The van der Waals surface area contributed by atoms with Crippen molar-refractivity contribution in [3.8, 4) is 0 Å². The minimum Gasteiger partial charge on any atom is -0.380 e. The summed E-state index contributed by atoms with van der Waals surface area (Å²) in [6.07, 6.45) is 4.00. The molecule has 0 N–H and O–H groups in total. The summed E-state index contributed by atoms with van der Waals surface area (Å²) in [5, 5.41) is 0. The van der Waals surface area contributed by atoms with Crippen LogP contribution in [0.15, 0.2) is 14.0 Å². The second-order valence-corrected chi connectivity index (χ2v) is 12.1. The van der Waals surface area contributed by atoms with Gasteiger partial charge in [-0.1, -0.05) is 0 Å². The zero-order chi connectivity index (χ0) is 13.9. The maximum Gasteiger partial charge on any atom is 0.470 e. The molecule has 12 heteroatoms. The molecule has 0 amide bonds. The van der Waals surface area contributed by atoms with Gasteiger partial charge in [-0.15, -0.1) is 0 Å². The van der Waals surface area contributed by atoms with E-state index < -0.39 is 26.2 Å². The van der Waals surface area contributed by atoms with E-state index >= 15 is 0 Å². The lowest BCUT2D eigenvalue weighted by Gasteiger charge is -2.41. The van der Waals surface area contributed by atoms with Crippen molar-refractivity contribution >= 4 is 44.4 Å². The molecule has 0 saturated carbocycles. The van der Waals surface area contributed by atoms with E-state index in [0.29, 0.717) is 0 Å². The van der Waals surface area contributed by atoms with Crippen molar-refractivity contribution in [2.45, 2.75) is 19.6 Å². The molecule has 0 aliphatic carbocycles. The zero-order valence-electron chi connectivity index (χ0n) is 9.79. The van der Waals surface area contributed by atoms with Gasteiger partial charge in [0, 0.05) is 19.6 Å². The summed E-state index contributed by atoms with van der Waals surface area (Å²) in [5.74, 6) is 0. The van der Waals surface area contributed by atoms with Gasteiger partial charge in [-0.2, -0.15) is 14.0 Å². The maximum atomic E-state index is 10.4. The molecule has 1 heterocycles. The summed E-state index contributed by atoms with van der Waals surface area (Å²) in [6, 6.07) is 0. The Morgan fingerprint density at radius 1 is 0.667 bits per heavy atom. The second-order valence-electron chi connectivity index (χ2n) is 3.61. The maximum absolute atomic E-state index is 10.4. The van der Waals surface area contributed by atoms with E-state index in [2.05, 4.69) is 14.0 Å². The number of hydrogen-bond donors (Lipinski definition) is 0. The fourth-order valence-corrected chi connectivity index (χ4v) is 13.2. The van der Waals surface area contributed by atoms with Crippen molar-refractivity contribution in [2.75, 3.05) is 0 Å². The minimum atomic E-state index is -3.33. The lowest BCUT2D eigenvalue weighted by Crippen LogP contribution is -2.66. The monoisotopic (exact) mass is 303 g/mol. The van der Waals surface area contributed by atoms with Crippen LogP contribution in [-0.4, -0.2) is 44.4 Å². The normalized spacial score (nSPS) is 38.8. The molecule has 1 rings (SSSR count). The quantitative estimate of drug-likeness (QED) is 0.404. The van der Waals surface area contributed by atoms with Gasteiger partial charge < -0.3 is 12.3 Å². The van der Waals surface area contributed by atoms with Crippen LogP contribution in [0.1, 0.15) is 0 Å². The molecular formula is C6H9N3O6Si3. The third-order valence-electron chi connectivity index (χ3n) is 1.88. The van der Waals surface area contributed by atoms with Crippen LogP contribution in [0, 0.1) is 0 Å². The van der Waals surface area contributed by atoms with E-state index in [-0.39, 0.29) is 0 Å². The van der Waals surface area contributed by atoms with Gasteiger partial charge in [0.25, 0.3) is 0 Å². The Labute approximate surface area is 105 Å². The average molecular weight is 303 g/mol. The first-order valence-corrected chi connectivity index (χ1v) is 11.5. The Morgan fingerprint density at radius 2 is 0.889 bits per heavy atom. The van der Waals surface area contributed by atoms with Crippen molar-refractivity contribution in [2.24, 2.45) is 14.0 Å². The van der Waals surface area contributed by atoms with E-state index in [0.717, 1.165) is 0 Å². The zero-order valence-corrected chi connectivity index (χ0v) is 12.8. The van der Waals surface area contributed by atoms with E-state index in [4.69, 9.17) is 12.3 Å². The van der Waals surface area contributed by atoms with Crippen molar-refractivity contribution in [3.63, 3.8) is 0 Å². The van der Waals surface area contributed by atoms with E-state index in [9.17, 15) is 14.4 Å². The van der Waals surface area contributed by atoms with Crippen LogP contribution in [0.5, 0.6) is 0 Å². The van der Waals surface area contributed by atoms with E-state index in [1.54, 1.807) is 0 Å². The average Bonchev–Trinajstić information content (AvgIpc) is 2.14. The predicted octanol–water partition coefficient (Wildman–Crippen LogP) is -0.237. The topological polar surface area (TPSA) is 116 Å². The van der Waals surface area contributed by atoms with E-state index in [1.165, 1.54) is 37.9 Å². The molecular weight excluding hydrogens is 294 g/mol. The third kappa shape index (κ3) is 3.34. The molecule has 0 aromatic rings. The van der Waals surface area contributed by atoms with Gasteiger partial charge in [-0.3, -0.25) is 0 Å². The first-order chi connectivity index (χ1) is 8.30. The molecule has 0 radical (unpaired) electrons. The van der Waals surface area contributed by atoms with Gasteiger partial charge in [0.15, 0.2) is 0 Å². The van der Waals surface area contributed by atoms with Gasteiger partial charge in [0.1, 0.15) is 0 Å². The third-order valence-corrected chi connectivity index (χ3v) is 12.5. The molecule has 0 atom stereocenters. The lowest BCUT2D eigenvalue weighted by atomic mass is 11.7. The number of rotatable bonds is 3. The first-order valence-electron chi connectivity index (χ1n) is 4.68. The van der Waals surface area contributed by atoms with Gasteiger partial charge in [0.05, 0.1) is 0 Å². The molecule has 96 valence electrons. The van der Waals surface area contributed by atoms with Gasteiger partial charge in [-0.25, -0.2) is 14.4 Å². The van der Waals surface area contributed by atoms with Crippen LogP contribution >= 0.6 is 0 Å². The van der Waals surface area contributed by atoms with Gasteiger partial charge in [-0.05, 0) is 0 Å². The second kappa shape index (κ2) is 5.12. The van der Waals surface area contributed by atoms with Crippen LogP contribution in [-0.2, 0) is 26.7 Å². The molecule has 1 fully saturated rings. The van der Waals surface area contributed by atoms with Crippen molar-refractivity contribution in [1.29, 1.82) is 0 Å². The molecule has 1 aliphatic rings. The fraction of sp³-hybridized carbons (Fsp3) is 0.500. The lowest BCUT2D eigenvalue weighted by molar-refractivity contribution is 0.226. The molecule has 18 heavy (non-hydrogen) atoms. The summed E-state index contributed by atoms with van der Waals surface area (Å²) in [6.45, 7) is 4.33. The molecule has 0 spiro atoms. The minimum absolute atomic E-state index is 1.33. The van der Waals surface area contributed by atoms with Gasteiger partial charge >= 0.3 is 26.2 Å². The molecule has 0 aromatic heterocycles. The standard InChI is InChI=1S/C6H9N3O6Si3/c1-16(7-4-10)13-17(2,8-5-11)15-18(3,14-16)9-6-12/h1-3H3. The van der Waals surface area contributed by atoms with Crippen molar-refractivity contribution in [3.05, 3.63) is 0 Å². The number of nitrogens with zero attached hydrogens (tertiary/aromatic N) is 3. The Hall–Kier alpha value is -1.33. The van der Waals surface area contributed by atoms with Crippen LogP contribution in [0.25, 0.3) is 0 Å². The molecule has 0 bridgehead atoms. The molecule has 9 nitrogen and oxygen atoms in total. The van der Waals surface area contributed by atoms with Crippen molar-refractivity contribution < 1.29 is 26.7 Å². The Kier molecular flexibility index (Phi) is 4.19. The van der Waals surface area contributed by atoms with Crippen molar-refractivity contribution in [1.82, 2.24) is 0 Å². The molecule has 0 unspecified atom stereocenters. The first kappa shape index (κ1) is 14.7. The van der Waals surface area contributed by atoms with Crippen LogP contribution in [0.3, 0.4) is 0 Å². The highest BCUT2D eigenvalue weighted by Crippen LogP contribution is 2.31. The Bertz CT molecular complexity index is 415. The van der Waals surface area contributed by atoms with E-state index in [1.807, 2.05) is 0 Å². The summed E-state index contributed by atoms with van der Waals surface area (Å²) in [4.78, 5) is 31.1. The number of carbonyl (C=O) groups excluding carboxylic acids is 3. The summed E-state index contributed by atoms with van der Waals surface area (Å²) < 4.78 is 26.6. The van der Waals surface area contributed by atoms with Crippen LogP contribution in [0.2, 0.25) is 19.6 Å². The van der Waals surface area contributed by atoms with Gasteiger partial charge in [0.2, 0.25) is 18.2 Å². The highest BCUT2D eigenvalue weighted by atomic mass is 28.5. The highest BCUT2D eigenvalue weighted by molar-refractivity contribution is 6.92. The van der Waals surface area contributed by atoms with Crippen LogP contribution in [0.4, 0.5) is 0 Å². The number of hydrogen-bond acceptors (Lipinski definition) is 9. The largest absolute Gasteiger partial charge is 0.470 e. The van der Waals surface area contributed by atoms with Crippen LogP contribution < -0.4 is 0 Å². The predicted molar refractivity (Wildman–Crippen MR) is 62.5 cm³/mol. The highest BCUT2D eigenvalue weighted by Gasteiger charge is 2.60. The molecule has 0 aromatic carbocycles. The summed E-state index contributed by atoms with van der Waals surface area (Å²) in [5.41, 5.74) is 0. The SMILES string of the molecule is C[Si]1(N=C=O)O[Si](C)(N=C=O)O[Si](C)(N=C=O)O1. The Morgan fingerprint density at radius 3 is 1.06 bits per heavy atom. The molecule has 1 saturated heterocycles. The summed E-state index contributed by atoms with van der Waals surface area (Å²) in [7, 11) is -9.98. The number of isocyanates is 3. The Balaban J connectivity index is 3.26. The fourth-order valence-electron chi connectivity index (χ4n) is 1.50. The molecule has 1 aliphatic heterocycles. The smallest absolute Gasteiger partial charge is 0.380 e. The summed E-state index contributed by atoms with van der Waals surface area (Å²) >= 11 is 0.